The number of amides is 1. The third kappa shape index (κ3) is 3.08. The quantitative estimate of drug-likeness (QED) is 0.683. The maximum atomic E-state index is 11.4. The highest BCUT2D eigenvalue weighted by Gasteiger charge is 2.38. The van der Waals surface area contributed by atoms with Gasteiger partial charge in [0.2, 0.25) is 5.91 Å². The zero-order chi connectivity index (χ0) is 12.1. The third-order valence-electron chi connectivity index (χ3n) is 2.72. The van der Waals surface area contributed by atoms with E-state index >= 15 is 0 Å². The van der Waals surface area contributed by atoms with Crippen LogP contribution < -0.4 is 0 Å². The molecule has 0 unspecified atom stereocenters. The molecule has 4 heteroatoms. The van der Waals surface area contributed by atoms with Crippen LogP contribution in [0.15, 0.2) is 12.7 Å². The number of aliphatic carboxylic acids is 1. The Morgan fingerprint density at radius 3 is 2.40 bits per heavy atom. The molecule has 0 aromatic heterocycles. The number of rotatable bonds is 6. The van der Waals surface area contributed by atoms with E-state index in [0.717, 1.165) is 18.9 Å². The van der Waals surface area contributed by atoms with Gasteiger partial charge in [-0.2, -0.15) is 0 Å². The summed E-state index contributed by atoms with van der Waals surface area (Å²) in [5, 5.41) is 9.15. The van der Waals surface area contributed by atoms with E-state index in [0.29, 0.717) is 6.42 Å². The van der Waals surface area contributed by atoms with Crippen molar-refractivity contribution in [3.05, 3.63) is 12.7 Å². The maximum absolute atomic E-state index is 11.4. The molecular weight excluding hydrogens is 194 g/mol. The summed E-state index contributed by atoms with van der Waals surface area (Å²) in [6.45, 7) is 6.90. The average Bonchev–Trinajstić information content (AvgIpc) is 2.23. The number of hydrogen-bond acceptors (Lipinski definition) is 2. The number of carbonyl (C=O) groups excluding carboxylic acids is 1. The minimum Gasteiger partial charge on any atom is -0.480 e. The second-order valence-corrected chi connectivity index (χ2v) is 3.78. The molecule has 0 radical (unpaired) electrons. The Morgan fingerprint density at radius 2 is 2.07 bits per heavy atom. The van der Waals surface area contributed by atoms with Gasteiger partial charge in [0.1, 0.15) is 5.54 Å². The minimum atomic E-state index is -1.14. The average molecular weight is 213 g/mol. The van der Waals surface area contributed by atoms with Gasteiger partial charge in [-0.05, 0) is 19.4 Å². The standard InChI is InChI=1S/C11H19NO3/c1-5-7-8-11(3,10(14)15)12(4)9(13)6-2/h6H,2,5,7-8H2,1,3-4H3,(H,14,15)/t11-/m0/s1. The summed E-state index contributed by atoms with van der Waals surface area (Å²) in [5.41, 5.74) is -1.14. The van der Waals surface area contributed by atoms with Crippen molar-refractivity contribution in [3.63, 3.8) is 0 Å². The van der Waals surface area contributed by atoms with Gasteiger partial charge in [-0.15, -0.1) is 0 Å². The molecule has 0 saturated carbocycles. The van der Waals surface area contributed by atoms with Crippen molar-refractivity contribution in [1.29, 1.82) is 0 Å². The lowest BCUT2D eigenvalue weighted by Gasteiger charge is -2.34. The van der Waals surface area contributed by atoms with Gasteiger partial charge < -0.3 is 10.0 Å². The van der Waals surface area contributed by atoms with Gasteiger partial charge in [0.25, 0.3) is 0 Å². The molecule has 0 aromatic carbocycles. The highest BCUT2D eigenvalue weighted by molar-refractivity contribution is 5.92. The van der Waals surface area contributed by atoms with Crippen LogP contribution in [0.4, 0.5) is 0 Å². The zero-order valence-corrected chi connectivity index (χ0v) is 9.62. The van der Waals surface area contributed by atoms with Crippen LogP contribution in [-0.4, -0.2) is 34.5 Å². The summed E-state index contributed by atoms with van der Waals surface area (Å²) in [6, 6.07) is 0. The summed E-state index contributed by atoms with van der Waals surface area (Å²) in [6.07, 6.45) is 3.26. The Labute approximate surface area is 90.6 Å². The fourth-order valence-corrected chi connectivity index (χ4v) is 1.32. The molecule has 0 fully saturated rings. The van der Waals surface area contributed by atoms with Gasteiger partial charge in [-0.3, -0.25) is 4.79 Å². The van der Waals surface area contributed by atoms with Crippen LogP contribution >= 0.6 is 0 Å². The summed E-state index contributed by atoms with van der Waals surface area (Å²) < 4.78 is 0. The lowest BCUT2D eigenvalue weighted by Crippen LogP contribution is -2.52. The monoisotopic (exact) mass is 213 g/mol. The molecule has 1 amide bonds. The first kappa shape index (κ1) is 13.7. The Hall–Kier alpha value is -1.32. The molecule has 86 valence electrons. The summed E-state index contributed by atoms with van der Waals surface area (Å²) in [5.74, 6) is -1.34. The summed E-state index contributed by atoms with van der Waals surface area (Å²) in [7, 11) is 1.49. The second kappa shape index (κ2) is 5.53. The summed E-state index contributed by atoms with van der Waals surface area (Å²) >= 11 is 0. The highest BCUT2D eigenvalue weighted by atomic mass is 16.4. The Balaban J connectivity index is 4.84. The van der Waals surface area contributed by atoms with Gasteiger partial charge in [-0.25, -0.2) is 4.79 Å². The van der Waals surface area contributed by atoms with Crippen molar-refractivity contribution in [2.24, 2.45) is 0 Å². The van der Waals surface area contributed by atoms with Crippen LogP contribution in [0, 0.1) is 0 Å². The molecule has 4 nitrogen and oxygen atoms in total. The van der Waals surface area contributed by atoms with Crippen LogP contribution in [0.2, 0.25) is 0 Å². The van der Waals surface area contributed by atoms with Gasteiger partial charge in [0.05, 0.1) is 0 Å². The molecule has 0 heterocycles. The van der Waals surface area contributed by atoms with Crippen molar-refractivity contribution in [2.45, 2.75) is 38.6 Å². The smallest absolute Gasteiger partial charge is 0.329 e. The van der Waals surface area contributed by atoms with Crippen LogP contribution in [0.1, 0.15) is 33.1 Å². The van der Waals surface area contributed by atoms with E-state index in [1.807, 2.05) is 6.92 Å². The fourth-order valence-electron chi connectivity index (χ4n) is 1.32. The molecule has 0 bridgehead atoms. The molecule has 0 spiro atoms. The van der Waals surface area contributed by atoms with E-state index in [1.165, 1.54) is 11.9 Å². The lowest BCUT2D eigenvalue weighted by atomic mass is 9.93. The van der Waals surface area contributed by atoms with E-state index in [2.05, 4.69) is 6.58 Å². The van der Waals surface area contributed by atoms with Crippen LogP contribution in [0.3, 0.4) is 0 Å². The lowest BCUT2D eigenvalue weighted by molar-refractivity contribution is -0.155. The molecule has 0 rings (SSSR count). The number of nitrogens with zero attached hydrogens (tertiary/aromatic N) is 1. The van der Waals surface area contributed by atoms with Gasteiger partial charge in [-0.1, -0.05) is 26.3 Å². The molecule has 0 aliphatic rings. The van der Waals surface area contributed by atoms with Crippen LogP contribution in [-0.2, 0) is 9.59 Å². The molecule has 0 aliphatic heterocycles. The van der Waals surface area contributed by atoms with Crippen molar-refractivity contribution in [2.75, 3.05) is 7.05 Å². The van der Waals surface area contributed by atoms with E-state index in [-0.39, 0.29) is 5.91 Å². The molecule has 0 saturated heterocycles. The molecule has 1 atom stereocenters. The predicted molar refractivity (Wildman–Crippen MR) is 58.5 cm³/mol. The van der Waals surface area contributed by atoms with Crippen LogP contribution in [0.25, 0.3) is 0 Å². The number of carboxylic acids is 1. The van der Waals surface area contributed by atoms with Crippen molar-refractivity contribution in [3.8, 4) is 0 Å². The third-order valence-corrected chi connectivity index (χ3v) is 2.72. The largest absolute Gasteiger partial charge is 0.480 e. The Morgan fingerprint density at radius 1 is 1.53 bits per heavy atom. The highest BCUT2D eigenvalue weighted by Crippen LogP contribution is 2.21. The molecular formula is C11H19NO3. The number of hydrogen-bond donors (Lipinski definition) is 1. The maximum Gasteiger partial charge on any atom is 0.329 e. The number of carbonyl (C=O) groups is 2. The second-order valence-electron chi connectivity index (χ2n) is 3.78. The van der Waals surface area contributed by atoms with Crippen molar-refractivity contribution >= 4 is 11.9 Å². The first-order valence-electron chi connectivity index (χ1n) is 5.03. The van der Waals surface area contributed by atoms with E-state index < -0.39 is 11.5 Å². The molecule has 15 heavy (non-hydrogen) atoms. The van der Waals surface area contributed by atoms with Gasteiger partial charge in [0, 0.05) is 7.05 Å². The molecule has 0 aliphatic carbocycles. The van der Waals surface area contributed by atoms with Crippen LogP contribution in [0.5, 0.6) is 0 Å². The SMILES string of the molecule is C=CC(=O)N(C)[C@@](C)(CCCC)C(=O)O. The molecule has 1 N–H and O–H groups in total. The Bertz CT molecular complexity index is 263. The van der Waals surface area contributed by atoms with Crippen molar-refractivity contribution < 1.29 is 14.7 Å². The van der Waals surface area contributed by atoms with Gasteiger partial charge in [0.15, 0.2) is 0 Å². The van der Waals surface area contributed by atoms with E-state index in [4.69, 9.17) is 5.11 Å². The fraction of sp³-hybridized carbons (Fsp3) is 0.636. The van der Waals surface area contributed by atoms with E-state index in [1.54, 1.807) is 6.92 Å². The zero-order valence-electron chi connectivity index (χ0n) is 9.62. The minimum absolute atomic E-state index is 0.365. The number of carboxylic acid groups (broad SMARTS) is 1. The first-order chi connectivity index (χ1) is 6.90. The van der Waals surface area contributed by atoms with Gasteiger partial charge >= 0.3 is 5.97 Å². The van der Waals surface area contributed by atoms with E-state index in [9.17, 15) is 9.59 Å². The number of unbranched alkanes of at least 4 members (excludes halogenated alkanes) is 1. The first-order valence-corrected chi connectivity index (χ1v) is 5.03. The summed E-state index contributed by atoms with van der Waals surface area (Å²) in [4.78, 5) is 23.8. The Kier molecular flexibility index (Phi) is 5.05. The predicted octanol–water partition coefficient (Wildman–Crippen LogP) is 1.66. The topological polar surface area (TPSA) is 57.6 Å². The normalized spacial score (nSPS) is 14.1. The van der Waals surface area contributed by atoms with Crippen molar-refractivity contribution in [1.82, 2.24) is 4.90 Å². The number of likely N-dealkylation sites (N-methyl/N-ethyl adjacent to an activating group) is 1. The molecule has 0 aromatic rings.